The van der Waals surface area contributed by atoms with E-state index in [-0.39, 0.29) is 0 Å². The summed E-state index contributed by atoms with van der Waals surface area (Å²) in [5.41, 5.74) is 6.43. The number of benzene rings is 1. The lowest BCUT2D eigenvalue weighted by atomic mass is 10.1. The fraction of sp³-hybridized carbons (Fsp3) is 0.200. The number of nitrogens with two attached hydrogens (primary N) is 1. The molecule has 0 bridgehead atoms. The van der Waals surface area contributed by atoms with E-state index >= 15 is 0 Å². The van der Waals surface area contributed by atoms with Crippen LogP contribution in [0.1, 0.15) is 11.6 Å². The first-order chi connectivity index (χ1) is 6.19. The predicted molar refractivity (Wildman–Crippen MR) is 53.8 cm³/mol. The van der Waals surface area contributed by atoms with Crippen molar-refractivity contribution in [3.63, 3.8) is 0 Å². The van der Waals surface area contributed by atoms with Gasteiger partial charge in [0.15, 0.2) is 0 Å². The molecule has 0 fully saturated rings. The Labute approximate surface area is 82.6 Å². The Hall–Kier alpha value is -1.17. The van der Waals surface area contributed by atoms with Crippen LogP contribution in [-0.2, 0) is 0 Å². The van der Waals surface area contributed by atoms with Crippen LogP contribution in [0.3, 0.4) is 0 Å². The van der Waals surface area contributed by atoms with Crippen molar-refractivity contribution >= 4 is 11.6 Å². The molecular weight excluding hydrogens is 186 g/mol. The highest BCUT2D eigenvalue weighted by Gasteiger charge is 2.09. The summed E-state index contributed by atoms with van der Waals surface area (Å²) in [5, 5.41) is 0.602. The first kappa shape index (κ1) is 9.91. The van der Waals surface area contributed by atoms with Crippen LogP contribution in [0.5, 0.6) is 5.75 Å². The maximum atomic E-state index is 5.77. The molecule has 0 radical (unpaired) electrons. The van der Waals surface area contributed by atoms with Gasteiger partial charge in [-0.15, -0.1) is 6.42 Å². The highest BCUT2D eigenvalue weighted by molar-refractivity contribution is 6.30. The molecule has 0 aliphatic carbocycles. The van der Waals surface area contributed by atoms with Gasteiger partial charge in [-0.2, -0.15) is 0 Å². The Morgan fingerprint density at radius 2 is 2.31 bits per heavy atom. The molecule has 2 nitrogen and oxygen atoms in total. The van der Waals surface area contributed by atoms with Crippen LogP contribution in [0.4, 0.5) is 0 Å². The molecular formula is C10H10ClNO. The number of rotatable bonds is 2. The second kappa shape index (κ2) is 4.18. The van der Waals surface area contributed by atoms with Crippen LogP contribution < -0.4 is 10.5 Å². The van der Waals surface area contributed by atoms with Crippen molar-refractivity contribution in [1.29, 1.82) is 0 Å². The summed E-state index contributed by atoms with van der Waals surface area (Å²) in [6, 6.07) is 4.74. The molecule has 0 saturated carbocycles. The highest BCUT2D eigenvalue weighted by Crippen LogP contribution is 2.26. The second-order valence-corrected chi connectivity index (χ2v) is 2.97. The van der Waals surface area contributed by atoms with Crippen molar-refractivity contribution < 1.29 is 4.74 Å². The van der Waals surface area contributed by atoms with E-state index in [1.54, 1.807) is 25.3 Å². The third kappa shape index (κ3) is 2.15. The molecule has 1 aromatic rings. The van der Waals surface area contributed by atoms with Crippen LogP contribution in [0.2, 0.25) is 5.02 Å². The predicted octanol–water partition coefficient (Wildman–Crippen LogP) is 1.98. The second-order valence-electron chi connectivity index (χ2n) is 2.53. The normalized spacial score (nSPS) is 11.8. The molecule has 1 rings (SSSR count). The third-order valence-electron chi connectivity index (χ3n) is 1.71. The third-order valence-corrected chi connectivity index (χ3v) is 1.95. The molecule has 0 amide bonds. The van der Waals surface area contributed by atoms with E-state index in [0.29, 0.717) is 10.8 Å². The van der Waals surface area contributed by atoms with E-state index < -0.39 is 6.04 Å². The Morgan fingerprint density at radius 1 is 1.62 bits per heavy atom. The number of halogens is 1. The summed E-state index contributed by atoms with van der Waals surface area (Å²) in [5.74, 6) is 3.05. The number of methoxy groups -OCH3 is 1. The van der Waals surface area contributed by atoms with Gasteiger partial charge in [-0.3, -0.25) is 0 Å². The summed E-state index contributed by atoms with van der Waals surface area (Å²) >= 11 is 5.77. The molecule has 2 N–H and O–H groups in total. The molecule has 1 unspecified atom stereocenters. The average molecular weight is 196 g/mol. The molecule has 1 atom stereocenters. The van der Waals surface area contributed by atoms with E-state index in [4.69, 9.17) is 28.5 Å². The van der Waals surface area contributed by atoms with Gasteiger partial charge in [0.25, 0.3) is 0 Å². The minimum absolute atomic E-state index is 0.452. The number of hydrogen-bond donors (Lipinski definition) is 1. The zero-order valence-electron chi connectivity index (χ0n) is 7.25. The molecule has 0 aliphatic rings. The Bertz CT molecular complexity index is 343. The molecule has 0 spiro atoms. The molecule has 68 valence electrons. The van der Waals surface area contributed by atoms with Gasteiger partial charge in [-0.05, 0) is 12.1 Å². The van der Waals surface area contributed by atoms with Gasteiger partial charge < -0.3 is 10.5 Å². The first-order valence-corrected chi connectivity index (χ1v) is 4.12. The van der Waals surface area contributed by atoms with E-state index in [0.717, 1.165) is 5.56 Å². The first-order valence-electron chi connectivity index (χ1n) is 3.74. The number of ether oxygens (including phenoxy) is 1. The Balaban J connectivity index is 3.15. The lowest BCUT2D eigenvalue weighted by Crippen LogP contribution is -2.08. The van der Waals surface area contributed by atoms with Gasteiger partial charge >= 0.3 is 0 Å². The van der Waals surface area contributed by atoms with Crippen molar-refractivity contribution in [3.05, 3.63) is 28.8 Å². The Kier molecular flexibility index (Phi) is 3.18. The van der Waals surface area contributed by atoms with E-state index in [9.17, 15) is 0 Å². The van der Waals surface area contributed by atoms with Gasteiger partial charge in [0, 0.05) is 10.6 Å². The van der Waals surface area contributed by atoms with Crippen LogP contribution in [-0.4, -0.2) is 7.11 Å². The molecule has 0 aliphatic heterocycles. The Morgan fingerprint density at radius 3 is 2.85 bits per heavy atom. The molecule has 0 heterocycles. The van der Waals surface area contributed by atoms with Gasteiger partial charge in [-0.25, -0.2) is 0 Å². The zero-order chi connectivity index (χ0) is 9.84. The molecule has 0 saturated heterocycles. The largest absolute Gasteiger partial charge is 0.496 e. The smallest absolute Gasteiger partial charge is 0.126 e. The number of hydrogen-bond acceptors (Lipinski definition) is 2. The van der Waals surface area contributed by atoms with Crippen molar-refractivity contribution in [2.45, 2.75) is 6.04 Å². The van der Waals surface area contributed by atoms with E-state index in [1.165, 1.54) is 0 Å². The molecule has 3 heteroatoms. The quantitative estimate of drug-likeness (QED) is 0.733. The SMILES string of the molecule is C#CC(N)c1ccc(Cl)cc1OC. The zero-order valence-corrected chi connectivity index (χ0v) is 8.01. The highest BCUT2D eigenvalue weighted by atomic mass is 35.5. The molecule has 0 aromatic heterocycles. The average Bonchev–Trinajstić information content (AvgIpc) is 2.16. The number of terminal acetylenes is 1. The van der Waals surface area contributed by atoms with Crippen molar-refractivity contribution in [2.75, 3.05) is 7.11 Å². The topological polar surface area (TPSA) is 35.2 Å². The molecule has 13 heavy (non-hydrogen) atoms. The summed E-state index contributed by atoms with van der Waals surface area (Å²) in [6.45, 7) is 0. The van der Waals surface area contributed by atoms with Crippen LogP contribution >= 0.6 is 11.6 Å². The lowest BCUT2D eigenvalue weighted by Gasteiger charge is -2.10. The van der Waals surface area contributed by atoms with Gasteiger partial charge in [-0.1, -0.05) is 23.6 Å². The van der Waals surface area contributed by atoms with Crippen LogP contribution in [0.15, 0.2) is 18.2 Å². The minimum Gasteiger partial charge on any atom is -0.496 e. The van der Waals surface area contributed by atoms with Crippen LogP contribution in [0, 0.1) is 12.3 Å². The van der Waals surface area contributed by atoms with Crippen LogP contribution in [0.25, 0.3) is 0 Å². The maximum absolute atomic E-state index is 5.77. The van der Waals surface area contributed by atoms with Gasteiger partial charge in [0.2, 0.25) is 0 Å². The van der Waals surface area contributed by atoms with Crippen molar-refractivity contribution in [1.82, 2.24) is 0 Å². The minimum atomic E-state index is -0.452. The summed E-state index contributed by atoms with van der Waals surface area (Å²) < 4.78 is 5.09. The fourth-order valence-corrected chi connectivity index (χ4v) is 1.19. The van der Waals surface area contributed by atoms with E-state index in [2.05, 4.69) is 5.92 Å². The fourth-order valence-electron chi connectivity index (χ4n) is 1.03. The lowest BCUT2D eigenvalue weighted by molar-refractivity contribution is 0.408. The maximum Gasteiger partial charge on any atom is 0.126 e. The monoisotopic (exact) mass is 195 g/mol. The van der Waals surface area contributed by atoms with Gasteiger partial charge in [0.1, 0.15) is 5.75 Å². The van der Waals surface area contributed by atoms with Gasteiger partial charge in [0.05, 0.1) is 13.2 Å². The standard InChI is InChI=1S/C10H10ClNO/c1-3-9(12)8-5-4-7(11)6-10(8)13-2/h1,4-6,9H,12H2,2H3. The van der Waals surface area contributed by atoms with E-state index in [1.807, 2.05) is 0 Å². The summed E-state index contributed by atoms with van der Waals surface area (Å²) in [6.07, 6.45) is 5.20. The summed E-state index contributed by atoms with van der Waals surface area (Å²) in [7, 11) is 1.55. The molecule has 1 aromatic carbocycles. The summed E-state index contributed by atoms with van der Waals surface area (Å²) in [4.78, 5) is 0. The van der Waals surface area contributed by atoms with Crippen molar-refractivity contribution in [2.24, 2.45) is 5.73 Å². The van der Waals surface area contributed by atoms with Crippen molar-refractivity contribution in [3.8, 4) is 18.1 Å².